The number of hydrogen-bond acceptors (Lipinski definition) is 6. The molecule has 1 amide bonds. The molecule has 0 aliphatic heterocycles. The van der Waals surface area contributed by atoms with Crippen molar-refractivity contribution in [2.45, 2.75) is 6.61 Å². The highest BCUT2D eigenvalue weighted by Crippen LogP contribution is 2.26. The summed E-state index contributed by atoms with van der Waals surface area (Å²) in [7, 11) is 0. The molecule has 0 bridgehead atoms. The molecule has 0 saturated heterocycles. The number of carbonyl (C=O) groups is 1. The van der Waals surface area contributed by atoms with Crippen LogP contribution in [0.5, 0.6) is 0 Å². The lowest BCUT2D eigenvalue weighted by atomic mass is 10.5. The Morgan fingerprint density at radius 2 is 2.50 bits per heavy atom. The minimum atomic E-state index is -0.686. The van der Waals surface area contributed by atoms with Gasteiger partial charge in [0.05, 0.1) is 0 Å². The smallest absolute Gasteiger partial charge is 0.263 e. The lowest BCUT2D eigenvalue weighted by molar-refractivity contribution is -0.111. The Bertz CT molecular complexity index is 365. The van der Waals surface area contributed by atoms with Gasteiger partial charge < -0.3 is 16.3 Å². The van der Waals surface area contributed by atoms with Gasteiger partial charge in [0.15, 0.2) is 11.7 Å². The molecule has 1 aromatic rings. The van der Waals surface area contributed by atoms with Crippen molar-refractivity contribution in [3.8, 4) is 0 Å². The van der Waals surface area contributed by atoms with E-state index < -0.39 is 5.91 Å². The fraction of sp³-hybridized carbons (Fsp3) is 0.167. The number of aromatic nitrogens is 1. The summed E-state index contributed by atoms with van der Waals surface area (Å²) in [5, 5.41) is 3.64. The van der Waals surface area contributed by atoms with E-state index in [2.05, 4.69) is 10.1 Å². The molecule has 4 N–H and O–H groups in total. The first-order valence-electron chi connectivity index (χ1n) is 3.45. The van der Waals surface area contributed by atoms with Gasteiger partial charge in [-0.1, -0.05) is 28.1 Å². The Kier molecular flexibility index (Phi) is 3.66. The summed E-state index contributed by atoms with van der Waals surface area (Å²) in [5.41, 5.74) is 10.6. The van der Waals surface area contributed by atoms with Crippen LogP contribution in [-0.4, -0.2) is 17.1 Å². The van der Waals surface area contributed by atoms with Gasteiger partial charge in [0, 0.05) is 0 Å². The van der Waals surface area contributed by atoms with Gasteiger partial charge in [-0.25, -0.2) is 4.98 Å². The van der Waals surface area contributed by atoms with E-state index in [1.165, 1.54) is 0 Å². The van der Waals surface area contributed by atoms with Crippen molar-refractivity contribution >= 4 is 40.2 Å². The van der Waals surface area contributed by atoms with E-state index in [1.54, 1.807) is 0 Å². The molecule has 0 fully saturated rings. The summed E-state index contributed by atoms with van der Waals surface area (Å²) in [4.78, 5) is 18.8. The van der Waals surface area contributed by atoms with Gasteiger partial charge in [0.1, 0.15) is 16.2 Å². The van der Waals surface area contributed by atoms with Gasteiger partial charge in [-0.3, -0.25) is 4.79 Å². The first kappa shape index (κ1) is 10.7. The van der Waals surface area contributed by atoms with Crippen molar-refractivity contribution < 1.29 is 9.63 Å². The summed E-state index contributed by atoms with van der Waals surface area (Å²) in [6.45, 7) is 0.0519. The summed E-state index contributed by atoms with van der Waals surface area (Å²) < 4.78 is 0.441. The van der Waals surface area contributed by atoms with Gasteiger partial charge in [-0.2, -0.15) is 0 Å². The van der Waals surface area contributed by atoms with Crippen LogP contribution in [0, 0.1) is 0 Å². The third-order valence-corrected chi connectivity index (χ3v) is 2.29. The minimum absolute atomic E-state index is 0.0519. The van der Waals surface area contributed by atoms with Crippen LogP contribution in [-0.2, 0) is 16.2 Å². The predicted molar refractivity (Wildman–Crippen MR) is 54.0 cm³/mol. The molecule has 14 heavy (non-hydrogen) atoms. The van der Waals surface area contributed by atoms with Crippen LogP contribution in [0.3, 0.4) is 0 Å². The van der Waals surface area contributed by atoms with Crippen molar-refractivity contribution in [3.05, 3.63) is 10.0 Å². The maximum Gasteiger partial charge on any atom is 0.263 e. The molecule has 1 heterocycles. The van der Waals surface area contributed by atoms with Crippen molar-refractivity contribution in [1.29, 1.82) is 0 Å². The number of amides is 1. The second kappa shape index (κ2) is 4.77. The van der Waals surface area contributed by atoms with Gasteiger partial charge in [0.2, 0.25) is 0 Å². The number of hydrogen-bond donors (Lipinski definition) is 2. The van der Waals surface area contributed by atoms with Crippen LogP contribution in [0.2, 0.25) is 4.34 Å². The maximum atomic E-state index is 10.2. The molecule has 76 valence electrons. The Morgan fingerprint density at radius 3 is 3.00 bits per heavy atom. The van der Waals surface area contributed by atoms with Crippen LogP contribution < -0.4 is 11.5 Å². The molecule has 1 rings (SSSR count). The van der Waals surface area contributed by atoms with Crippen LogP contribution in [0.25, 0.3) is 0 Å². The van der Waals surface area contributed by atoms with Gasteiger partial charge in [0.25, 0.3) is 5.91 Å². The van der Waals surface area contributed by atoms with E-state index in [9.17, 15) is 4.79 Å². The van der Waals surface area contributed by atoms with Crippen molar-refractivity contribution in [2.24, 2.45) is 10.9 Å². The standard InChI is InChI=1S/C6H7ClN4O2S/c7-5-3(11-6(9)14-5)2-13-10-1-4(8)12/h1H,2H2,(H2,8,12)(H2,9,11)/b10-1+. The molecule has 0 aliphatic carbocycles. The molecular weight excluding hydrogens is 228 g/mol. The van der Waals surface area contributed by atoms with Crippen molar-refractivity contribution in [1.82, 2.24) is 4.98 Å². The Labute approximate surface area is 88.5 Å². The van der Waals surface area contributed by atoms with E-state index >= 15 is 0 Å². The number of nitrogens with zero attached hydrogens (tertiary/aromatic N) is 2. The van der Waals surface area contributed by atoms with Crippen LogP contribution in [0.1, 0.15) is 5.69 Å². The molecule has 1 aromatic heterocycles. The van der Waals surface area contributed by atoms with Crippen molar-refractivity contribution in [3.63, 3.8) is 0 Å². The molecule has 8 heteroatoms. The van der Waals surface area contributed by atoms with E-state index in [0.717, 1.165) is 17.6 Å². The highest BCUT2D eigenvalue weighted by Gasteiger charge is 2.06. The number of thiazole rings is 1. The summed E-state index contributed by atoms with van der Waals surface area (Å²) >= 11 is 6.88. The van der Waals surface area contributed by atoms with Gasteiger partial charge in [-0.15, -0.1) is 0 Å². The minimum Gasteiger partial charge on any atom is -0.389 e. The highest BCUT2D eigenvalue weighted by molar-refractivity contribution is 7.19. The molecule has 0 spiro atoms. The van der Waals surface area contributed by atoms with Gasteiger partial charge in [-0.05, 0) is 0 Å². The van der Waals surface area contributed by atoms with Gasteiger partial charge >= 0.3 is 0 Å². The molecule has 0 radical (unpaired) electrons. The number of nitrogens with two attached hydrogens (primary N) is 2. The number of halogens is 1. The first-order valence-corrected chi connectivity index (χ1v) is 4.64. The zero-order chi connectivity index (χ0) is 10.6. The summed E-state index contributed by atoms with van der Waals surface area (Å²) in [6.07, 6.45) is 0.851. The third kappa shape index (κ3) is 3.19. The zero-order valence-corrected chi connectivity index (χ0v) is 8.51. The van der Waals surface area contributed by atoms with Crippen LogP contribution in [0.4, 0.5) is 5.13 Å². The second-order valence-corrected chi connectivity index (χ2v) is 3.82. The largest absolute Gasteiger partial charge is 0.389 e. The normalized spacial score (nSPS) is 10.6. The first-order chi connectivity index (χ1) is 6.59. The average molecular weight is 235 g/mol. The quantitative estimate of drug-likeness (QED) is 0.580. The van der Waals surface area contributed by atoms with Crippen LogP contribution >= 0.6 is 22.9 Å². The van der Waals surface area contributed by atoms with E-state index in [4.69, 9.17) is 27.9 Å². The number of anilines is 1. The Balaban J connectivity index is 2.46. The number of carbonyl (C=O) groups excluding carboxylic acids is 1. The third-order valence-electron chi connectivity index (χ3n) is 1.12. The number of oxime groups is 1. The Hall–Kier alpha value is -1.34. The number of primary amides is 1. The zero-order valence-electron chi connectivity index (χ0n) is 6.94. The van der Waals surface area contributed by atoms with E-state index in [-0.39, 0.29) is 6.61 Å². The second-order valence-electron chi connectivity index (χ2n) is 2.18. The molecule has 0 saturated carbocycles. The number of rotatable bonds is 4. The topological polar surface area (TPSA) is 104 Å². The number of nitrogen functional groups attached to an aromatic ring is 1. The molecular formula is C6H7ClN4O2S. The highest BCUT2D eigenvalue weighted by atomic mass is 35.5. The fourth-order valence-electron chi connectivity index (χ4n) is 0.627. The van der Waals surface area contributed by atoms with Crippen LogP contribution in [0.15, 0.2) is 5.16 Å². The fourth-order valence-corrected chi connectivity index (χ4v) is 1.52. The SMILES string of the molecule is NC(=O)/C=N/OCc1nc(N)sc1Cl. The predicted octanol–water partition coefficient (Wildman–Crippen LogP) is 0.366. The lowest BCUT2D eigenvalue weighted by Gasteiger charge is -1.94. The molecule has 0 aromatic carbocycles. The molecule has 0 atom stereocenters. The van der Waals surface area contributed by atoms with E-state index in [1.807, 2.05) is 0 Å². The lowest BCUT2D eigenvalue weighted by Crippen LogP contribution is -2.11. The Morgan fingerprint density at radius 1 is 1.79 bits per heavy atom. The molecule has 6 nitrogen and oxygen atoms in total. The monoisotopic (exact) mass is 234 g/mol. The maximum absolute atomic E-state index is 10.2. The molecule has 0 unspecified atom stereocenters. The molecule has 0 aliphatic rings. The summed E-state index contributed by atoms with van der Waals surface area (Å²) in [5.74, 6) is -0.686. The average Bonchev–Trinajstić information content (AvgIpc) is 2.39. The van der Waals surface area contributed by atoms with E-state index in [0.29, 0.717) is 15.2 Å². The summed E-state index contributed by atoms with van der Waals surface area (Å²) in [6, 6.07) is 0. The van der Waals surface area contributed by atoms with Crippen molar-refractivity contribution in [2.75, 3.05) is 5.73 Å².